The van der Waals surface area contributed by atoms with Crippen LogP contribution in [0.5, 0.6) is 0 Å². The second kappa shape index (κ2) is 6.41. The van der Waals surface area contributed by atoms with Gasteiger partial charge in [-0.05, 0) is 29.8 Å². The zero-order valence-corrected chi connectivity index (χ0v) is 12.3. The van der Waals surface area contributed by atoms with Gasteiger partial charge in [0.25, 0.3) is 0 Å². The van der Waals surface area contributed by atoms with Crippen molar-refractivity contribution in [3.8, 4) is 11.8 Å². The van der Waals surface area contributed by atoms with E-state index in [0.29, 0.717) is 22.2 Å². The minimum Gasteiger partial charge on any atom is -0.274 e. The number of thioether (sulfide) groups is 1. The van der Waals surface area contributed by atoms with Crippen molar-refractivity contribution in [3.05, 3.63) is 71.8 Å². The summed E-state index contributed by atoms with van der Waals surface area (Å²) in [5.41, 5.74) is 2.12. The number of hydrogen-bond donors (Lipinski definition) is 0. The standard InChI is InChI=1S/C16H11FN4S/c17-14-3-1-2-4-15(14)21-11-19-20-16(21)22-10-13-7-5-12(9-18)6-8-13/h1-8,11H,10H2. The molecule has 0 radical (unpaired) electrons. The Labute approximate surface area is 131 Å². The van der Waals surface area contributed by atoms with Crippen LogP contribution in [0.25, 0.3) is 5.69 Å². The van der Waals surface area contributed by atoms with Crippen molar-refractivity contribution < 1.29 is 4.39 Å². The molecule has 3 aromatic rings. The van der Waals surface area contributed by atoms with Gasteiger partial charge in [0.05, 0.1) is 17.3 Å². The van der Waals surface area contributed by atoms with E-state index in [9.17, 15) is 4.39 Å². The van der Waals surface area contributed by atoms with Gasteiger partial charge in [0.2, 0.25) is 0 Å². The molecule has 0 fully saturated rings. The van der Waals surface area contributed by atoms with Gasteiger partial charge < -0.3 is 0 Å². The maximum absolute atomic E-state index is 13.9. The highest BCUT2D eigenvalue weighted by molar-refractivity contribution is 7.98. The summed E-state index contributed by atoms with van der Waals surface area (Å²) >= 11 is 1.46. The molecular formula is C16H11FN4S. The molecule has 2 aromatic carbocycles. The molecule has 0 saturated heterocycles. The lowest BCUT2D eigenvalue weighted by molar-refractivity contribution is 0.613. The lowest BCUT2D eigenvalue weighted by Crippen LogP contribution is -1.98. The Morgan fingerprint density at radius 3 is 2.64 bits per heavy atom. The molecule has 6 heteroatoms. The smallest absolute Gasteiger partial charge is 0.196 e. The number of rotatable bonds is 4. The van der Waals surface area contributed by atoms with Gasteiger partial charge in [-0.1, -0.05) is 36.0 Å². The van der Waals surface area contributed by atoms with Crippen LogP contribution in [-0.2, 0) is 5.75 Å². The van der Waals surface area contributed by atoms with Crippen LogP contribution in [0, 0.1) is 17.1 Å². The van der Waals surface area contributed by atoms with Crippen LogP contribution in [0.2, 0.25) is 0 Å². The Bertz CT molecular complexity index is 821. The Morgan fingerprint density at radius 1 is 1.14 bits per heavy atom. The van der Waals surface area contributed by atoms with Gasteiger partial charge in [-0.3, -0.25) is 4.57 Å². The third kappa shape index (κ3) is 3.00. The first-order valence-electron chi connectivity index (χ1n) is 6.54. The van der Waals surface area contributed by atoms with Crippen molar-refractivity contribution in [1.82, 2.24) is 14.8 Å². The molecule has 1 aromatic heterocycles. The highest BCUT2D eigenvalue weighted by atomic mass is 32.2. The maximum Gasteiger partial charge on any atom is 0.196 e. The topological polar surface area (TPSA) is 54.5 Å². The molecule has 4 nitrogen and oxygen atoms in total. The normalized spacial score (nSPS) is 10.4. The highest BCUT2D eigenvalue weighted by Crippen LogP contribution is 2.24. The maximum atomic E-state index is 13.9. The number of nitriles is 1. The van der Waals surface area contributed by atoms with Crippen molar-refractivity contribution >= 4 is 11.8 Å². The van der Waals surface area contributed by atoms with Gasteiger partial charge in [-0.15, -0.1) is 10.2 Å². The third-order valence-corrected chi connectivity index (χ3v) is 4.09. The van der Waals surface area contributed by atoms with E-state index in [1.807, 2.05) is 12.1 Å². The van der Waals surface area contributed by atoms with Crippen molar-refractivity contribution in [2.45, 2.75) is 10.9 Å². The molecule has 0 N–H and O–H groups in total. The number of aromatic nitrogens is 3. The zero-order valence-electron chi connectivity index (χ0n) is 11.5. The van der Waals surface area contributed by atoms with Gasteiger partial charge in [-0.25, -0.2) is 4.39 Å². The molecule has 3 rings (SSSR count). The average Bonchev–Trinajstić information content (AvgIpc) is 3.02. The molecule has 22 heavy (non-hydrogen) atoms. The van der Waals surface area contributed by atoms with Gasteiger partial charge in [0, 0.05) is 5.75 Å². The van der Waals surface area contributed by atoms with Crippen LogP contribution >= 0.6 is 11.8 Å². The Kier molecular flexibility index (Phi) is 4.17. The molecule has 0 saturated carbocycles. The Morgan fingerprint density at radius 2 is 1.91 bits per heavy atom. The van der Waals surface area contributed by atoms with E-state index in [1.54, 1.807) is 34.9 Å². The van der Waals surface area contributed by atoms with Crippen molar-refractivity contribution in [1.29, 1.82) is 5.26 Å². The quantitative estimate of drug-likeness (QED) is 0.691. The van der Waals surface area contributed by atoms with E-state index in [1.165, 1.54) is 24.2 Å². The minimum absolute atomic E-state index is 0.317. The Hall–Kier alpha value is -2.65. The number of halogens is 1. The SMILES string of the molecule is N#Cc1ccc(CSc2nncn2-c2ccccc2F)cc1. The van der Waals surface area contributed by atoms with E-state index < -0.39 is 0 Å². The fourth-order valence-corrected chi connectivity index (χ4v) is 2.84. The summed E-state index contributed by atoms with van der Waals surface area (Å²) < 4.78 is 15.5. The summed E-state index contributed by atoms with van der Waals surface area (Å²) in [6, 6.07) is 15.9. The first kappa shape index (κ1) is 14.3. The van der Waals surface area contributed by atoms with Crippen molar-refractivity contribution in [2.24, 2.45) is 0 Å². The van der Waals surface area contributed by atoms with E-state index in [-0.39, 0.29) is 5.82 Å². The van der Waals surface area contributed by atoms with Crippen molar-refractivity contribution in [2.75, 3.05) is 0 Å². The molecule has 0 unspecified atom stereocenters. The predicted molar refractivity (Wildman–Crippen MR) is 82.0 cm³/mol. The molecule has 1 heterocycles. The predicted octanol–water partition coefficient (Wildman–Crippen LogP) is 3.57. The van der Waals surface area contributed by atoms with Crippen LogP contribution < -0.4 is 0 Å². The molecule has 108 valence electrons. The first-order chi connectivity index (χ1) is 10.8. The van der Waals surface area contributed by atoms with Crippen LogP contribution in [0.4, 0.5) is 4.39 Å². The average molecular weight is 310 g/mol. The fraction of sp³-hybridized carbons (Fsp3) is 0.0625. The molecule has 0 spiro atoms. The van der Waals surface area contributed by atoms with Crippen LogP contribution in [0.3, 0.4) is 0 Å². The lowest BCUT2D eigenvalue weighted by atomic mass is 10.2. The summed E-state index contributed by atoms with van der Waals surface area (Å²) in [5, 5.41) is 17.3. The lowest BCUT2D eigenvalue weighted by Gasteiger charge is -2.07. The number of para-hydroxylation sites is 1. The van der Waals surface area contributed by atoms with E-state index in [4.69, 9.17) is 5.26 Å². The van der Waals surface area contributed by atoms with Gasteiger partial charge >= 0.3 is 0 Å². The first-order valence-corrected chi connectivity index (χ1v) is 7.53. The van der Waals surface area contributed by atoms with Crippen molar-refractivity contribution in [3.63, 3.8) is 0 Å². The monoisotopic (exact) mass is 310 g/mol. The van der Waals surface area contributed by atoms with E-state index >= 15 is 0 Å². The summed E-state index contributed by atoms with van der Waals surface area (Å²) in [4.78, 5) is 0. The molecule has 0 bridgehead atoms. The second-order valence-electron chi connectivity index (χ2n) is 4.53. The number of benzene rings is 2. The number of hydrogen-bond acceptors (Lipinski definition) is 4. The second-order valence-corrected chi connectivity index (χ2v) is 5.47. The number of nitrogens with zero attached hydrogens (tertiary/aromatic N) is 4. The fourth-order valence-electron chi connectivity index (χ4n) is 1.96. The molecule has 0 amide bonds. The largest absolute Gasteiger partial charge is 0.274 e. The van der Waals surface area contributed by atoms with Crippen LogP contribution in [-0.4, -0.2) is 14.8 Å². The van der Waals surface area contributed by atoms with E-state index in [0.717, 1.165) is 5.56 Å². The van der Waals surface area contributed by atoms with Gasteiger partial charge in [-0.2, -0.15) is 5.26 Å². The minimum atomic E-state index is -0.317. The summed E-state index contributed by atoms with van der Waals surface area (Å²) in [5.74, 6) is 0.348. The summed E-state index contributed by atoms with van der Waals surface area (Å²) in [7, 11) is 0. The molecular weight excluding hydrogens is 299 g/mol. The van der Waals surface area contributed by atoms with Gasteiger partial charge in [0.1, 0.15) is 12.1 Å². The molecule has 0 aliphatic rings. The van der Waals surface area contributed by atoms with Gasteiger partial charge in [0.15, 0.2) is 5.16 Å². The molecule has 0 atom stereocenters. The third-order valence-electron chi connectivity index (χ3n) is 3.08. The molecule has 0 aliphatic heterocycles. The van der Waals surface area contributed by atoms with E-state index in [2.05, 4.69) is 16.3 Å². The molecule has 0 aliphatic carbocycles. The Balaban J connectivity index is 1.78. The van der Waals surface area contributed by atoms with Crippen LogP contribution in [0.1, 0.15) is 11.1 Å². The highest BCUT2D eigenvalue weighted by Gasteiger charge is 2.10. The van der Waals surface area contributed by atoms with Crippen LogP contribution in [0.15, 0.2) is 60.0 Å². The summed E-state index contributed by atoms with van der Waals surface area (Å²) in [6.07, 6.45) is 1.50. The summed E-state index contributed by atoms with van der Waals surface area (Å²) in [6.45, 7) is 0. The zero-order chi connectivity index (χ0) is 15.4.